The summed E-state index contributed by atoms with van der Waals surface area (Å²) in [4.78, 5) is 14.1. The molecule has 0 radical (unpaired) electrons. The molecule has 1 aromatic rings. The minimum absolute atomic E-state index is 0.0837. The van der Waals surface area contributed by atoms with Crippen molar-refractivity contribution < 1.29 is 14.3 Å². The van der Waals surface area contributed by atoms with Crippen LogP contribution in [0.2, 0.25) is 0 Å². The average molecular weight is 304 g/mol. The van der Waals surface area contributed by atoms with Gasteiger partial charge in [0.05, 0.1) is 19.8 Å². The molecule has 5 nitrogen and oxygen atoms in total. The molecule has 1 aliphatic heterocycles. The monoisotopic (exact) mass is 304 g/mol. The number of amides is 1. The van der Waals surface area contributed by atoms with E-state index in [4.69, 9.17) is 9.47 Å². The van der Waals surface area contributed by atoms with Crippen molar-refractivity contribution in [2.45, 2.75) is 6.92 Å². The molecule has 0 unspecified atom stereocenters. The van der Waals surface area contributed by atoms with Crippen LogP contribution in [0.1, 0.15) is 12.5 Å². The van der Waals surface area contributed by atoms with Crippen molar-refractivity contribution in [2.75, 3.05) is 46.0 Å². The normalized spacial score (nSPS) is 15.9. The molecule has 22 heavy (non-hydrogen) atoms. The molecule has 1 saturated heterocycles. The fraction of sp³-hybridized carbons (Fsp3) is 0.471. The van der Waals surface area contributed by atoms with Gasteiger partial charge < -0.3 is 14.8 Å². The van der Waals surface area contributed by atoms with Crippen molar-refractivity contribution in [1.82, 2.24) is 10.2 Å². The molecule has 1 N–H and O–H groups in total. The minimum Gasteiger partial charge on any atom is -0.493 e. The van der Waals surface area contributed by atoms with E-state index in [2.05, 4.69) is 10.2 Å². The molecule has 0 bridgehead atoms. The molecule has 1 fully saturated rings. The second-order valence-electron chi connectivity index (χ2n) is 5.05. The van der Waals surface area contributed by atoms with Gasteiger partial charge in [-0.25, -0.2) is 0 Å². The Balaban J connectivity index is 1.76. The Morgan fingerprint density at radius 3 is 2.91 bits per heavy atom. The number of morpholine rings is 1. The maximum Gasteiger partial charge on any atom is 0.244 e. The van der Waals surface area contributed by atoms with Gasteiger partial charge in [-0.05, 0) is 19.1 Å². The highest BCUT2D eigenvalue weighted by Crippen LogP contribution is 2.19. The summed E-state index contributed by atoms with van der Waals surface area (Å²) >= 11 is 0. The van der Waals surface area contributed by atoms with Gasteiger partial charge in [0.25, 0.3) is 0 Å². The Labute approximate surface area is 131 Å². The van der Waals surface area contributed by atoms with Gasteiger partial charge in [0.15, 0.2) is 0 Å². The van der Waals surface area contributed by atoms with Crippen LogP contribution in [-0.2, 0) is 9.53 Å². The molecule has 0 atom stereocenters. The van der Waals surface area contributed by atoms with Gasteiger partial charge in [-0.2, -0.15) is 0 Å². The van der Waals surface area contributed by atoms with Crippen molar-refractivity contribution >= 4 is 12.0 Å². The summed E-state index contributed by atoms with van der Waals surface area (Å²) in [5.74, 6) is 0.710. The molecule has 2 rings (SSSR count). The first kappa shape index (κ1) is 16.5. The van der Waals surface area contributed by atoms with Gasteiger partial charge in [-0.3, -0.25) is 9.69 Å². The third-order valence-corrected chi connectivity index (χ3v) is 3.46. The van der Waals surface area contributed by atoms with E-state index in [9.17, 15) is 4.79 Å². The number of hydrogen-bond acceptors (Lipinski definition) is 4. The van der Waals surface area contributed by atoms with E-state index in [1.807, 2.05) is 31.2 Å². The zero-order chi connectivity index (χ0) is 15.6. The predicted molar refractivity (Wildman–Crippen MR) is 86.9 cm³/mol. The van der Waals surface area contributed by atoms with Crippen LogP contribution in [0.15, 0.2) is 30.3 Å². The number of ether oxygens (including phenoxy) is 2. The van der Waals surface area contributed by atoms with Gasteiger partial charge in [-0.15, -0.1) is 0 Å². The quantitative estimate of drug-likeness (QED) is 0.777. The topological polar surface area (TPSA) is 50.8 Å². The van der Waals surface area contributed by atoms with E-state index in [0.717, 1.165) is 44.2 Å². The van der Waals surface area contributed by atoms with Crippen LogP contribution < -0.4 is 10.1 Å². The second kappa shape index (κ2) is 9.23. The van der Waals surface area contributed by atoms with E-state index in [1.54, 1.807) is 12.2 Å². The Morgan fingerprint density at radius 1 is 1.36 bits per heavy atom. The lowest BCUT2D eigenvalue weighted by Gasteiger charge is -2.26. The number of carbonyl (C=O) groups is 1. The van der Waals surface area contributed by atoms with Crippen LogP contribution in [0, 0.1) is 0 Å². The lowest BCUT2D eigenvalue weighted by molar-refractivity contribution is -0.116. The van der Waals surface area contributed by atoms with Crippen LogP contribution in [0.4, 0.5) is 0 Å². The highest BCUT2D eigenvalue weighted by molar-refractivity contribution is 5.92. The highest BCUT2D eigenvalue weighted by atomic mass is 16.5. The van der Waals surface area contributed by atoms with Crippen molar-refractivity contribution in [2.24, 2.45) is 0 Å². The summed E-state index contributed by atoms with van der Waals surface area (Å²) in [7, 11) is 0. The lowest BCUT2D eigenvalue weighted by Crippen LogP contribution is -2.41. The third kappa shape index (κ3) is 5.50. The van der Waals surface area contributed by atoms with Crippen LogP contribution in [0.3, 0.4) is 0 Å². The Bertz CT molecular complexity index is 496. The molecule has 0 spiro atoms. The summed E-state index contributed by atoms with van der Waals surface area (Å²) in [6.45, 7) is 7.50. The maximum atomic E-state index is 11.8. The summed E-state index contributed by atoms with van der Waals surface area (Å²) < 4.78 is 10.8. The van der Waals surface area contributed by atoms with Crippen molar-refractivity contribution in [3.05, 3.63) is 35.9 Å². The molecule has 5 heteroatoms. The van der Waals surface area contributed by atoms with E-state index in [-0.39, 0.29) is 5.91 Å². The number of nitrogens with one attached hydrogen (secondary N) is 1. The fourth-order valence-electron chi connectivity index (χ4n) is 2.29. The fourth-order valence-corrected chi connectivity index (χ4v) is 2.29. The maximum absolute atomic E-state index is 11.8. The summed E-state index contributed by atoms with van der Waals surface area (Å²) in [5.41, 5.74) is 0.910. The molecule has 0 aliphatic carbocycles. The first-order valence-electron chi connectivity index (χ1n) is 7.77. The smallest absolute Gasteiger partial charge is 0.244 e. The van der Waals surface area contributed by atoms with Crippen LogP contribution >= 0.6 is 0 Å². The summed E-state index contributed by atoms with van der Waals surface area (Å²) in [6, 6.07) is 7.69. The SMILES string of the molecule is CCOc1ccccc1/C=C/C(=O)NCCN1CCOCC1. The lowest BCUT2D eigenvalue weighted by atomic mass is 10.2. The van der Waals surface area contributed by atoms with E-state index in [0.29, 0.717) is 13.2 Å². The molecular formula is C17H24N2O3. The van der Waals surface area contributed by atoms with Gasteiger partial charge in [0.2, 0.25) is 5.91 Å². The standard InChI is InChI=1S/C17H24N2O3/c1-2-22-16-6-4-3-5-15(16)7-8-17(20)18-9-10-19-11-13-21-14-12-19/h3-8H,2,9-14H2,1H3,(H,18,20)/b8-7+. The van der Waals surface area contributed by atoms with Gasteiger partial charge in [0, 0.05) is 37.8 Å². The first-order chi connectivity index (χ1) is 10.8. The number of carbonyl (C=O) groups excluding carboxylic acids is 1. The molecule has 120 valence electrons. The number of para-hydroxylation sites is 1. The Hall–Kier alpha value is -1.85. The van der Waals surface area contributed by atoms with Gasteiger partial charge >= 0.3 is 0 Å². The molecule has 1 aliphatic rings. The summed E-state index contributed by atoms with van der Waals surface area (Å²) in [5, 5.41) is 2.90. The average Bonchev–Trinajstić information content (AvgIpc) is 2.55. The zero-order valence-corrected chi connectivity index (χ0v) is 13.1. The highest BCUT2D eigenvalue weighted by Gasteiger charge is 2.09. The van der Waals surface area contributed by atoms with Crippen LogP contribution in [-0.4, -0.2) is 56.8 Å². The van der Waals surface area contributed by atoms with Crippen molar-refractivity contribution in [3.63, 3.8) is 0 Å². The van der Waals surface area contributed by atoms with E-state index >= 15 is 0 Å². The summed E-state index contributed by atoms with van der Waals surface area (Å²) in [6.07, 6.45) is 3.34. The van der Waals surface area contributed by atoms with Gasteiger partial charge in [-0.1, -0.05) is 18.2 Å². The molecule has 1 aromatic carbocycles. The first-order valence-corrected chi connectivity index (χ1v) is 7.77. The largest absolute Gasteiger partial charge is 0.493 e. The van der Waals surface area contributed by atoms with Crippen molar-refractivity contribution in [3.8, 4) is 5.75 Å². The molecule has 0 saturated carbocycles. The second-order valence-corrected chi connectivity index (χ2v) is 5.05. The molecular weight excluding hydrogens is 280 g/mol. The Kier molecular flexibility index (Phi) is 6.93. The third-order valence-electron chi connectivity index (χ3n) is 3.46. The van der Waals surface area contributed by atoms with E-state index in [1.165, 1.54) is 0 Å². The van der Waals surface area contributed by atoms with Crippen molar-refractivity contribution in [1.29, 1.82) is 0 Å². The van der Waals surface area contributed by atoms with Crippen LogP contribution in [0.5, 0.6) is 5.75 Å². The zero-order valence-electron chi connectivity index (χ0n) is 13.1. The molecule has 1 amide bonds. The molecule has 1 heterocycles. The predicted octanol–water partition coefficient (Wildman–Crippen LogP) is 1.55. The number of rotatable bonds is 7. The Morgan fingerprint density at radius 2 is 2.14 bits per heavy atom. The van der Waals surface area contributed by atoms with E-state index < -0.39 is 0 Å². The number of nitrogens with zero attached hydrogens (tertiary/aromatic N) is 1. The number of hydrogen-bond donors (Lipinski definition) is 1. The number of benzene rings is 1. The van der Waals surface area contributed by atoms with Gasteiger partial charge in [0.1, 0.15) is 5.75 Å². The minimum atomic E-state index is -0.0837. The van der Waals surface area contributed by atoms with Crippen LogP contribution in [0.25, 0.3) is 6.08 Å². The molecule has 0 aromatic heterocycles.